The molecule has 0 spiro atoms. The van der Waals surface area contributed by atoms with Crippen LogP contribution in [0.5, 0.6) is 11.5 Å². The smallest absolute Gasteiger partial charge is 0.404 e. The van der Waals surface area contributed by atoms with Crippen LogP contribution < -0.4 is 20.1 Å². The lowest BCUT2D eigenvalue weighted by molar-refractivity contribution is 0.0601. The van der Waals surface area contributed by atoms with E-state index in [1.165, 1.54) is 5.56 Å². The predicted molar refractivity (Wildman–Crippen MR) is 154 cm³/mol. The van der Waals surface area contributed by atoms with Gasteiger partial charge in [-0.25, -0.2) is 9.78 Å². The van der Waals surface area contributed by atoms with Crippen LogP contribution in [0, 0.1) is 0 Å². The second kappa shape index (κ2) is 12.2. The third-order valence-electron chi connectivity index (χ3n) is 8.43. The number of hydrogen-bond donors (Lipinski definition) is 3. The van der Waals surface area contributed by atoms with E-state index in [9.17, 15) is 14.7 Å². The van der Waals surface area contributed by atoms with E-state index in [2.05, 4.69) is 15.6 Å². The molecule has 2 aromatic carbocycles. The van der Waals surface area contributed by atoms with Crippen molar-refractivity contribution < 1.29 is 24.2 Å². The van der Waals surface area contributed by atoms with E-state index in [0.717, 1.165) is 54.9 Å². The number of nitrogens with one attached hydrogen (secondary N) is 2. The summed E-state index contributed by atoms with van der Waals surface area (Å²) in [5, 5.41) is 15.6. The molecule has 1 saturated carbocycles. The van der Waals surface area contributed by atoms with Crippen LogP contribution >= 0.6 is 0 Å². The molecule has 216 valence electrons. The number of hydrogen-bond acceptors (Lipinski definition) is 6. The molecule has 3 heterocycles. The molecule has 3 aliphatic rings. The predicted octanol–water partition coefficient (Wildman–Crippen LogP) is 4.12. The Morgan fingerprint density at radius 1 is 1.15 bits per heavy atom. The Morgan fingerprint density at radius 2 is 2.00 bits per heavy atom. The maximum Gasteiger partial charge on any atom is 0.404 e. The summed E-state index contributed by atoms with van der Waals surface area (Å²) in [4.78, 5) is 32.3. The third kappa shape index (κ3) is 5.88. The molecular weight excluding hydrogens is 522 g/mol. The van der Waals surface area contributed by atoms with Gasteiger partial charge in [0.2, 0.25) is 0 Å². The van der Waals surface area contributed by atoms with Gasteiger partial charge >= 0.3 is 6.09 Å². The lowest BCUT2D eigenvalue weighted by atomic mass is 9.89. The number of carboxylic acid groups (broad SMARTS) is 1. The molecule has 3 atom stereocenters. The zero-order valence-electron chi connectivity index (χ0n) is 23.1. The average molecular weight is 560 g/mol. The van der Waals surface area contributed by atoms with Crippen LogP contribution in [0.25, 0.3) is 11.3 Å². The van der Waals surface area contributed by atoms with E-state index in [1.54, 1.807) is 6.33 Å². The van der Waals surface area contributed by atoms with Crippen LogP contribution in [-0.2, 0) is 6.42 Å². The van der Waals surface area contributed by atoms with Crippen LogP contribution in [0.15, 0.2) is 54.9 Å². The van der Waals surface area contributed by atoms with Gasteiger partial charge in [-0.15, -0.1) is 0 Å². The largest absolute Gasteiger partial charge is 0.494 e. The third-order valence-corrected chi connectivity index (χ3v) is 8.43. The average Bonchev–Trinajstić information content (AvgIpc) is 3.65. The Morgan fingerprint density at radius 3 is 2.85 bits per heavy atom. The molecule has 0 unspecified atom stereocenters. The normalized spacial score (nSPS) is 22.0. The van der Waals surface area contributed by atoms with Crippen LogP contribution in [0.4, 0.5) is 4.79 Å². The summed E-state index contributed by atoms with van der Waals surface area (Å²) in [6, 6.07) is 15.3. The van der Waals surface area contributed by atoms with Gasteiger partial charge in [0.25, 0.3) is 5.91 Å². The van der Waals surface area contributed by atoms with E-state index < -0.39 is 6.09 Å². The van der Waals surface area contributed by atoms with Gasteiger partial charge in [-0.2, -0.15) is 0 Å². The number of piperazine rings is 1. The van der Waals surface area contributed by atoms with Crippen molar-refractivity contribution in [3.63, 3.8) is 0 Å². The molecule has 0 radical (unpaired) electrons. The lowest BCUT2D eigenvalue weighted by Gasteiger charge is -2.36. The highest BCUT2D eigenvalue weighted by Crippen LogP contribution is 2.35. The van der Waals surface area contributed by atoms with Gasteiger partial charge in [-0.1, -0.05) is 43.2 Å². The molecule has 1 aliphatic carbocycles. The summed E-state index contributed by atoms with van der Waals surface area (Å²) in [7, 11) is 0. The summed E-state index contributed by atoms with van der Waals surface area (Å²) in [5.41, 5.74) is 3.21. The standard InChI is InChI=1S/C31H37N5O5/c37-30(35-15-14-32-19-23(35)13-17-40-24-10-11-27-22(18-24)12-16-41-27)28-29(21-6-2-1-3-7-21)36(20-33-28)26-9-5-4-8-25(26)34-31(38)39/h1-3,6-7,10-11,18,20,23,25-26,32,34H,4-5,8-9,12-17,19H2,(H,38,39)/t23-,25+,26+/m1/s1. The van der Waals surface area contributed by atoms with E-state index >= 15 is 0 Å². The first kappa shape index (κ1) is 27.1. The molecule has 2 fully saturated rings. The van der Waals surface area contributed by atoms with Crippen LogP contribution in [0.2, 0.25) is 0 Å². The van der Waals surface area contributed by atoms with E-state index in [4.69, 9.17) is 9.47 Å². The molecule has 2 amide bonds. The number of aromatic nitrogens is 2. The Kier molecular flexibility index (Phi) is 8.09. The van der Waals surface area contributed by atoms with Gasteiger partial charge in [-0.05, 0) is 31.0 Å². The van der Waals surface area contributed by atoms with Crippen molar-refractivity contribution in [3.05, 3.63) is 66.1 Å². The van der Waals surface area contributed by atoms with Crippen molar-refractivity contribution in [2.45, 2.75) is 56.7 Å². The van der Waals surface area contributed by atoms with Gasteiger partial charge in [0.05, 0.1) is 37.3 Å². The Labute approximate surface area is 239 Å². The summed E-state index contributed by atoms with van der Waals surface area (Å²) in [6.45, 7) is 3.17. The molecule has 6 rings (SSSR count). The molecule has 1 aromatic heterocycles. The topological polar surface area (TPSA) is 118 Å². The fraction of sp³-hybridized carbons (Fsp3) is 0.452. The first-order valence-corrected chi connectivity index (χ1v) is 14.6. The van der Waals surface area contributed by atoms with Crippen molar-refractivity contribution in [2.75, 3.05) is 32.8 Å². The Balaban J connectivity index is 1.23. The van der Waals surface area contributed by atoms with Gasteiger partial charge in [-0.3, -0.25) is 4.79 Å². The number of fused-ring (bicyclic) bond motifs is 1. The van der Waals surface area contributed by atoms with Crippen LogP contribution in [0.3, 0.4) is 0 Å². The second-order valence-electron chi connectivity index (χ2n) is 11.0. The van der Waals surface area contributed by atoms with Crippen molar-refractivity contribution in [1.29, 1.82) is 0 Å². The number of imidazole rings is 1. The van der Waals surface area contributed by atoms with Crippen LogP contribution in [-0.4, -0.2) is 76.5 Å². The summed E-state index contributed by atoms with van der Waals surface area (Å²) >= 11 is 0. The lowest BCUT2D eigenvalue weighted by Crippen LogP contribution is -2.54. The maximum absolute atomic E-state index is 14.2. The number of rotatable bonds is 8. The molecule has 0 bridgehead atoms. The Bertz CT molecular complexity index is 1380. The quantitative estimate of drug-likeness (QED) is 0.380. The van der Waals surface area contributed by atoms with E-state index in [1.807, 2.05) is 58.0 Å². The highest BCUT2D eigenvalue weighted by atomic mass is 16.5. The monoisotopic (exact) mass is 559 g/mol. The summed E-state index contributed by atoms with van der Waals surface area (Å²) < 4.78 is 13.7. The molecular formula is C31H37N5O5. The van der Waals surface area contributed by atoms with Gasteiger partial charge in [0, 0.05) is 49.6 Å². The minimum absolute atomic E-state index is 0.0427. The van der Waals surface area contributed by atoms with Crippen molar-refractivity contribution >= 4 is 12.0 Å². The zero-order valence-corrected chi connectivity index (χ0v) is 23.1. The number of carbonyl (C=O) groups excluding carboxylic acids is 1. The Hall–Kier alpha value is -4.05. The number of amides is 2. The first-order valence-electron chi connectivity index (χ1n) is 14.6. The van der Waals surface area contributed by atoms with E-state index in [-0.39, 0.29) is 24.0 Å². The molecule has 3 N–H and O–H groups in total. The minimum Gasteiger partial charge on any atom is -0.494 e. The SMILES string of the molecule is O=C(O)N[C@H]1CCCC[C@@H]1n1cnc(C(=O)N2CCNC[C@H]2CCOc2ccc3c(c2)CCO3)c1-c1ccccc1. The maximum atomic E-state index is 14.2. The molecule has 2 aliphatic heterocycles. The number of carbonyl (C=O) groups is 2. The molecule has 10 heteroatoms. The molecule has 3 aromatic rings. The first-order chi connectivity index (χ1) is 20.1. The number of benzene rings is 2. The molecule has 10 nitrogen and oxygen atoms in total. The minimum atomic E-state index is -1.03. The van der Waals surface area contributed by atoms with Crippen molar-refractivity contribution in [3.8, 4) is 22.8 Å². The summed E-state index contributed by atoms with van der Waals surface area (Å²) in [5.74, 6) is 1.64. The summed E-state index contributed by atoms with van der Waals surface area (Å²) in [6.07, 6.45) is 5.80. The van der Waals surface area contributed by atoms with Gasteiger partial charge in [0.1, 0.15) is 11.5 Å². The number of ether oxygens (including phenoxy) is 2. The van der Waals surface area contributed by atoms with Gasteiger partial charge in [0.15, 0.2) is 5.69 Å². The second-order valence-corrected chi connectivity index (χ2v) is 11.0. The fourth-order valence-corrected chi connectivity index (χ4v) is 6.41. The molecule has 41 heavy (non-hydrogen) atoms. The molecule has 1 saturated heterocycles. The van der Waals surface area contributed by atoms with Crippen molar-refractivity contribution in [1.82, 2.24) is 25.1 Å². The number of nitrogens with zero attached hydrogens (tertiary/aromatic N) is 3. The highest BCUT2D eigenvalue weighted by molar-refractivity contribution is 5.98. The van der Waals surface area contributed by atoms with E-state index in [0.29, 0.717) is 45.0 Å². The van der Waals surface area contributed by atoms with Gasteiger partial charge < -0.3 is 34.7 Å². The van der Waals surface area contributed by atoms with Crippen LogP contribution in [0.1, 0.15) is 54.2 Å². The highest BCUT2D eigenvalue weighted by Gasteiger charge is 2.35. The zero-order chi connectivity index (χ0) is 28.2. The van der Waals surface area contributed by atoms with Crippen molar-refractivity contribution in [2.24, 2.45) is 0 Å². The fourth-order valence-electron chi connectivity index (χ4n) is 6.41.